The number of carbonyl (C=O) groups is 1. The molecule has 0 bridgehead atoms. The number of aromatic nitrogens is 3. The minimum absolute atomic E-state index is 0.0805. The van der Waals surface area contributed by atoms with Gasteiger partial charge in [-0.3, -0.25) is 0 Å². The molecule has 1 N–H and O–H groups in total. The summed E-state index contributed by atoms with van der Waals surface area (Å²) in [5.41, 5.74) is -1.23. The first-order valence-electron chi connectivity index (χ1n) is 7.85. The highest BCUT2D eigenvalue weighted by Crippen LogP contribution is 2.35. The lowest BCUT2D eigenvalue weighted by Crippen LogP contribution is -2.48. The van der Waals surface area contributed by atoms with E-state index in [4.69, 9.17) is 4.74 Å². The number of aromatic amines is 1. The van der Waals surface area contributed by atoms with Crippen molar-refractivity contribution in [3.63, 3.8) is 0 Å². The molecule has 0 saturated carbocycles. The number of halogens is 2. The summed E-state index contributed by atoms with van der Waals surface area (Å²) in [5.74, 6) is 0.205. The van der Waals surface area contributed by atoms with Crippen molar-refractivity contribution in [2.45, 2.75) is 44.9 Å². The Morgan fingerprint density at radius 3 is 2.96 bits per heavy atom. The van der Waals surface area contributed by atoms with Gasteiger partial charge in [-0.1, -0.05) is 0 Å². The quantitative estimate of drug-likeness (QED) is 0.789. The summed E-state index contributed by atoms with van der Waals surface area (Å²) in [6.45, 7) is 5.77. The SMILES string of the molecule is CC(C)(C)OC(=O)N1CCCC(F)(c2nc3cc(Br)cnc3[nH]2)C1. The van der Waals surface area contributed by atoms with Crippen molar-refractivity contribution < 1.29 is 13.9 Å². The number of imidazole rings is 1. The minimum Gasteiger partial charge on any atom is -0.444 e. The zero-order valence-corrected chi connectivity index (χ0v) is 15.5. The van der Waals surface area contributed by atoms with Crippen LogP contribution in [-0.4, -0.2) is 44.6 Å². The summed E-state index contributed by atoms with van der Waals surface area (Å²) in [7, 11) is 0. The van der Waals surface area contributed by atoms with Crippen molar-refractivity contribution in [2.24, 2.45) is 0 Å². The van der Waals surface area contributed by atoms with E-state index in [-0.39, 0.29) is 12.4 Å². The second-order valence-electron chi connectivity index (χ2n) is 7.08. The number of alkyl halides is 1. The molecular weight excluding hydrogens is 379 g/mol. The van der Waals surface area contributed by atoms with Gasteiger partial charge in [0.05, 0.1) is 6.54 Å². The Hall–Kier alpha value is -1.70. The summed E-state index contributed by atoms with van der Waals surface area (Å²) in [6.07, 6.45) is 1.97. The summed E-state index contributed by atoms with van der Waals surface area (Å²) < 4.78 is 21.6. The summed E-state index contributed by atoms with van der Waals surface area (Å²) >= 11 is 3.33. The Morgan fingerprint density at radius 1 is 1.50 bits per heavy atom. The van der Waals surface area contributed by atoms with Crippen LogP contribution in [0.15, 0.2) is 16.7 Å². The van der Waals surface area contributed by atoms with Gasteiger partial charge in [-0.25, -0.2) is 19.2 Å². The van der Waals surface area contributed by atoms with Crippen LogP contribution in [0.25, 0.3) is 11.2 Å². The van der Waals surface area contributed by atoms with Crippen LogP contribution in [-0.2, 0) is 10.4 Å². The number of ether oxygens (including phenoxy) is 1. The van der Waals surface area contributed by atoms with Gasteiger partial charge in [0.15, 0.2) is 11.3 Å². The average Bonchev–Trinajstić information content (AvgIpc) is 2.89. The Morgan fingerprint density at radius 2 is 2.25 bits per heavy atom. The first-order chi connectivity index (χ1) is 11.2. The summed E-state index contributed by atoms with van der Waals surface area (Å²) in [4.78, 5) is 25.1. The highest BCUT2D eigenvalue weighted by molar-refractivity contribution is 9.10. The Labute approximate surface area is 147 Å². The van der Waals surface area contributed by atoms with Crippen LogP contribution in [0.3, 0.4) is 0 Å². The standard InChI is InChI=1S/C16H20BrFN4O2/c1-15(2,3)24-14(23)22-6-4-5-16(18,9-22)13-20-11-7-10(17)8-19-12(11)21-13/h7-8H,4-6,9H2,1-3H3,(H,19,20,21). The number of nitrogens with zero attached hydrogens (tertiary/aromatic N) is 3. The average molecular weight is 399 g/mol. The van der Waals surface area contributed by atoms with Crippen molar-refractivity contribution >= 4 is 33.2 Å². The normalized spacial score (nSPS) is 22.0. The van der Waals surface area contributed by atoms with Gasteiger partial charge in [0, 0.05) is 17.2 Å². The third kappa shape index (κ3) is 3.53. The molecule has 8 heteroatoms. The minimum atomic E-state index is -1.73. The number of piperidine rings is 1. The number of likely N-dealkylation sites (tertiary alicyclic amines) is 1. The third-order valence-corrected chi connectivity index (χ3v) is 4.26. The summed E-state index contributed by atoms with van der Waals surface area (Å²) in [5, 5.41) is 0. The van der Waals surface area contributed by atoms with Crippen LogP contribution < -0.4 is 0 Å². The van der Waals surface area contributed by atoms with E-state index < -0.39 is 17.4 Å². The fraction of sp³-hybridized carbons (Fsp3) is 0.562. The smallest absolute Gasteiger partial charge is 0.410 e. The third-order valence-electron chi connectivity index (χ3n) is 3.82. The number of fused-ring (bicyclic) bond motifs is 1. The van der Waals surface area contributed by atoms with E-state index in [1.54, 1.807) is 33.0 Å². The van der Waals surface area contributed by atoms with Gasteiger partial charge in [0.2, 0.25) is 0 Å². The topological polar surface area (TPSA) is 71.1 Å². The molecule has 1 unspecified atom stereocenters. The van der Waals surface area contributed by atoms with Gasteiger partial charge in [-0.15, -0.1) is 0 Å². The van der Waals surface area contributed by atoms with Crippen LogP contribution in [0.4, 0.5) is 9.18 Å². The van der Waals surface area contributed by atoms with Crippen LogP contribution in [0.2, 0.25) is 0 Å². The van der Waals surface area contributed by atoms with E-state index in [0.717, 1.165) is 4.47 Å². The lowest BCUT2D eigenvalue weighted by molar-refractivity contribution is -0.00876. The molecule has 130 valence electrons. The Kier molecular flexibility index (Phi) is 4.27. The number of carbonyl (C=O) groups excluding carboxylic acids is 1. The van der Waals surface area contributed by atoms with Gasteiger partial charge in [0.1, 0.15) is 16.9 Å². The zero-order valence-electron chi connectivity index (χ0n) is 13.9. The number of nitrogens with one attached hydrogen (secondary N) is 1. The molecular formula is C16H20BrFN4O2. The van der Waals surface area contributed by atoms with E-state index in [1.807, 2.05) is 0 Å². The lowest BCUT2D eigenvalue weighted by atomic mass is 9.94. The maximum absolute atomic E-state index is 15.5. The molecule has 3 rings (SSSR count). The second-order valence-corrected chi connectivity index (χ2v) is 7.99. The van der Waals surface area contributed by atoms with E-state index >= 15 is 4.39 Å². The molecule has 1 amide bonds. The molecule has 2 aromatic heterocycles. The van der Waals surface area contributed by atoms with E-state index in [0.29, 0.717) is 30.6 Å². The van der Waals surface area contributed by atoms with E-state index in [9.17, 15) is 4.79 Å². The Bertz CT molecular complexity index is 773. The molecule has 1 fully saturated rings. The van der Waals surface area contributed by atoms with Crippen molar-refractivity contribution in [3.8, 4) is 0 Å². The number of hydrogen-bond donors (Lipinski definition) is 1. The number of rotatable bonds is 1. The fourth-order valence-electron chi connectivity index (χ4n) is 2.77. The second kappa shape index (κ2) is 5.98. The van der Waals surface area contributed by atoms with Crippen LogP contribution in [0, 0.1) is 0 Å². The molecule has 6 nitrogen and oxygen atoms in total. The van der Waals surface area contributed by atoms with Gasteiger partial charge in [-0.2, -0.15) is 0 Å². The first-order valence-corrected chi connectivity index (χ1v) is 8.64. The van der Waals surface area contributed by atoms with Crippen LogP contribution in [0.1, 0.15) is 39.4 Å². The van der Waals surface area contributed by atoms with Crippen LogP contribution >= 0.6 is 15.9 Å². The fourth-order valence-corrected chi connectivity index (χ4v) is 3.09. The largest absolute Gasteiger partial charge is 0.444 e. The van der Waals surface area contributed by atoms with Crippen molar-refractivity contribution in [2.75, 3.05) is 13.1 Å². The molecule has 2 aromatic rings. The molecule has 0 spiro atoms. The molecule has 0 aliphatic carbocycles. The first kappa shape index (κ1) is 17.1. The number of H-pyrrole nitrogens is 1. The predicted octanol–water partition coefficient (Wildman–Crippen LogP) is 3.92. The van der Waals surface area contributed by atoms with Gasteiger partial charge >= 0.3 is 6.09 Å². The molecule has 1 aliphatic heterocycles. The molecule has 24 heavy (non-hydrogen) atoms. The summed E-state index contributed by atoms with van der Waals surface area (Å²) in [6, 6.07) is 1.78. The van der Waals surface area contributed by atoms with E-state index in [1.165, 1.54) is 4.90 Å². The van der Waals surface area contributed by atoms with Crippen molar-refractivity contribution in [1.29, 1.82) is 0 Å². The molecule has 0 aromatic carbocycles. The zero-order chi connectivity index (χ0) is 17.5. The van der Waals surface area contributed by atoms with E-state index in [2.05, 4.69) is 30.9 Å². The van der Waals surface area contributed by atoms with Gasteiger partial charge in [0.25, 0.3) is 0 Å². The maximum Gasteiger partial charge on any atom is 0.410 e. The molecule has 1 atom stereocenters. The monoisotopic (exact) mass is 398 g/mol. The Balaban J connectivity index is 1.84. The van der Waals surface area contributed by atoms with Crippen LogP contribution in [0.5, 0.6) is 0 Å². The lowest BCUT2D eigenvalue weighted by Gasteiger charge is -2.36. The van der Waals surface area contributed by atoms with Crippen molar-refractivity contribution in [1.82, 2.24) is 19.9 Å². The number of pyridine rings is 1. The molecule has 3 heterocycles. The molecule has 0 radical (unpaired) electrons. The highest BCUT2D eigenvalue weighted by atomic mass is 79.9. The number of hydrogen-bond acceptors (Lipinski definition) is 4. The van der Waals surface area contributed by atoms with Crippen molar-refractivity contribution in [3.05, 3.63) is 22.6 Å². The van der Waals surface area contributed by atoms with Gasteiger partial charge in [-0.05, 0) is 55.6 Å². The molecule has 1 saturated heterocycles. The maximum atomic E-state index is 15.5. The number of amides is 1. The molecule has 1 aliphatic rings. The predicted molar refractivity (Wildman–Crippen MR) is 91.4 cm³/mol. The highest BCUT2D eigenvalue weighted by Gasteiger charge is 2.42. The van der Waals surface area contributed by atoms with Gasteiger partial charge < -0.3 is 14.6 Å².